The minimum Gasteiger partial charge on any atom is -0.504 e. The SMILES string of the molecule is CCn1ccnc1[C@@H]1CCCN(C(=O)c2cnc3c(O)cccn3c2=O)C1. The molecule has 0 aromatic carbocycles. The topological polar surface area (TPSA) is 92.7 Å². The molecule has 140 valence electrons. The molecule has 1 fully saturated rings. The summed E-state index contributed by atoms with van der Waals surface area (Å²) in [6, 6.07) is 3.00. The van der Waals surface area contributed by atoms with Crippen molar-refractivity contribution in [2.75, 3.05) is 13.1 Å². The molecular formula is C19H21N5O3. The number of aromatic hydroxyl groups is 1. The molecule has 0 unspecified atom stereocenters. The van der Waals surface area contributed by atoms with Crippen LogP contribution in [0.15, 0.2) is 41.7 Å². The highest BCUT2D eigenvalue weighted by Crippen LogP contribution is 2.26. The number of aryl methyl sites for hydroxylation is 1. The molecule has 1 amide bonds. The molecule has 0 bridgehead atoms. The van der Waals surface area contributed by atoms with Crippen molar-refractivity contribution in [2.24, 2.45) is 0 Å². The maximum absolute atomic E-state index is 13.0. The van der Waals surface area contributed by atoms with Gasteiger partial charge in [0.25, 0.3) is 11.5 Å². The number of likely N-dealkylation sites (tertiary alicyclic amines) is 1. The summed E-state index contributed by atoms with van der Waals surface area (Å²) in [5.74, 6) is 0.703. The van der Waals surface area contributed by atoms with Gasteiger partial charge in [0.05, 0.1) is 0 Å². The van der Waals surface area contributed by atoms with Crippen molar-refractivity contribution in [2.45, 2.75) is 32.2 Å². The molecule has 1 N–H and O–H groups in total. The Morgan fingerprint density at radius 3 is 3.00 bits per heavy atom. The van der Waals surface area contributed by atoms with Crippen LogP contribution in [-0.2, 0) is 6.54 Å². The fourth-order valence-corrected chi connectivity index (χ4v) is 3.73. The first-order chi connectivity index (χ1) is 13.1. The highest BCUT2D eigenvalue weighted by atomic mass is 16.3. The van der Waals surface area contributed by atoms with E-state index < -0.39 is 5.56 Å². The van der Waals surface area contributed by atoms with E-state index in [0.29, 0.717) is 13.1 Å². The Morgan fingerprint density at radius 2 is 2.19 bits per heavy atom. The lowest BCUT2D eigenvalue weighted by Gasteiger charge is -2.32. The molecule has 4 rings (SSSR count). The largest absolute Gasteiger partial charge is 0.504 e. The predicted molar refractivity (Wildman–Crippen MR) is 98.9 cm³/mol. The van der Waals surface area contributed by atoms with Gasteiger partial charge in [-0.3, -0.25) is 14.0 Å². The fourth-order valence-electron chi connectivity index (χ4n) is 3.73. The maximum Gasteiger partial charge on any atom is 0.270 e. The molecule has 3 aromatic heterocycles. The van der Waals surface area contributed by atoms with Crippen LogP contribution in [0.4, 0.5) is 0 Å². The minimum absolute atomic E-state index is 0.0117. The normalized spacial score (nSPS) is 17.4. The number of amides is 1. The number of fused-ring (bicyclic) bond motifs is 1. The smallest absolute Gasteiger partial charge is 0.270 e. The Hall–Kier alpha value is -3.16. The summed E-state index contributed by atoms with van der Waals surface area (Å²) in [6.07, 6.45) is 8.31. The molecule has 1 atom stereocenters. The van der Waals surface area contributed by atoms with Crippen molar-refractivity contribution in [1.29, 1.82) is 0 Å². The molecule has 0 radical (unpaired) electrons. The molecule has 0 saturated carbocycles. The molecule has 3 aromatic rings. The molecule has 1 aliphatic heterocycles. The number of rotatable bonds is 3. The zero-order valence-corrected chi connectivity index (χ0v) is 15.1. The van der Waals surface area contributed by atoms with Crippen LogP contribution in [-0.4, -0.2) is 47.9 Å². The summed E-state index contributed by atoms with van der Waals surface area (Å²) < 4.78 is 3.29. The van der Waals surface area contributed by atoms with Crippen molar-refractivity contribution in [1.82, 2.24) is 23.8 Å². The van der Waals surface area contributed by atoms with Gasteiger partial charge in [-0.05, 0) is 31.9 Å². The van der Waals surface area contributed by atoms with E-state index in [1.807, 2.05) is 6.20 Å². The molecule has 8 nitrogen and oxygen atoms in total. The van der Waals surface area contributed by atoms with E-state index in [9.17, 15) is 14.7 Å². The lowest BCUT2D eigenvalue weighted by Crippen LogP contribution is -2.42. The number of carbonyl (C=O) groups excluding carboxylic acids is 1. The minimum atomic E-state index is -0.474. The summed E-state index contributed by atoms with van der Waals surface area (Å²) in [5.41, 5.74) is -0.323. The third kappa shape index (κ3) is 2.97. The third-order valence-corrected chi connectivity index (χ3v) is 5.10. The van der Waals surface area contributed by atoms with Gasteiger partial charge in [-0.25, -0.2) is 9.97 Å². The van der Waals surface area contributed by atoms with E-state index in [4.69, 9.17) is 0 Å². The van der Waals surface area contributed by atoms with Gasteiger partial charge in [0.1, 0.15) is 11.4 Å². The molecule has 0 spiro atoms. The second-order valence-electron chi connectivity index (χ2n) is 6.73. The Balaban J connectivity index is 1.64. The van der Waals surface area contributed by atoms with Crippen LogP contribution >= 0.6 is 0 Å². The van der Waals surface area contributed by atoms with Crippen molar-refractivity contribution >= 4 is 11.6 Å². The maximum atomic E-state index is 13.0. The number of imidazole rings is 1. The van der Waals surface area contributed by atoms with Crippen molar-refractivity contribution in [3.05, 3.63) is 58.7 Å². The van der Waals surface area contributed by atoms with E-state index in [1.165, 1.54) is 22.9 Å². The van der Waals surface area contributed by atoms with Crippen LogP contribution < -0.4 is 5.56 Å². The number of hydrogen-bond donors (Lipinski definition) is 1. The fraction of sp³-hybridized carbons (Fsp3) is 0.368. The first-order valence-corrected chi connectivity index (χ1v) is 9.09. The molecule has 0 aliphatic carbocycles. The molecule has 8 heteroatoms. The van der Waals surface area contributed by atoms with Crippen molar-refractivity contribution in [3.8, 4) is 5.75 Å². The molecule has 4 heterocycles. The van der Waals surface area contributed by atoms with Gasteiger partial charge >= 0.3 is 0 Å². The highest BCUT2D eigenvalue weighted by molar-refractivity contribution is 5.94. The highest BCUT2D eigenvalue weighted by Gasteiger charge is 2.29. The van der Waals surface area contributed by atoms with Crippen LogP contribution in [0.3, 0.4) is 0 Å². The van der Waals surface area contributed by atoms with Crippen LogP contribution in [0.2, 0.25) is 0 Å². The van der Waals surface area contributed by atoms with Gasteiger partial charge in [0, 0.05) is 50.3 Å². The van der Waals surface area contributed by atoms with Crippen LogP contribution in [0.1, 0.15) is 41.9 Å². The Bertz CT molecular complexity index is 1050. The average Bonchev–Trinajstić information content (AvgIpc) is 3.17. The van der Waals surface area contributed by atoms with Gasteiger partial charge in [0.2, 0.25) is 0 Å². The second kappa shape index (κ2) is 6.86. The number of carbonyl (C=O) groups is 1. The number of aromatic nitrogens is 4. The van der Waals surface area contributed by atoms with Gasteiger partial charge in [-0.15, -0.1) is 0 Å². The quantitative estimate of drug-likeness (QED) is 0.760. The van der Waals surface area contributed by atoms with Crippen LogP contribution in [0.25, 0.3) is 5.65 Å². The zero-order valence-electron chi connectivity index (χ0n) is 15.1. The van der Waals surface area contributed by atoms with Crippen LogP contribution in [0, 0.1) is 0 Å². The van der Waals surface area contributed by atoms with E-state index in [0.717, 1.165) is 25.2 Å². The number of hydrogen-bond acceptors (Lipinski definition) is 5. The lowest BCUT2D eigenvalue weighted by atomic mass is 9.96. The summed E-state index contributed by atoms with van der Waals surface area (Å²) >= 11 is 0. The summed E-state index contributed by atoms with van der Waals surface area (Å²) in [7, 11) is 0. The average molecular weight is 367 g/mol. The van der Waals surface area contributed by atoms with E-state index in [2.05, 4.69) is 21.5 Å². The van der Waals surface area contributed by atoms with Gasteiger partial charge in [-0.1, -0.05) is 0 Å². The third-order valence-electron chi connectivity index (χ3n) is 5.10. The number of nitrogens with zero attached hydrogens (tertiary/aromatic N) is 5. The number of pyridine rings is 1. The molecule has 1 saturated heterocycles. The van der Waals surface area contributed by atoms with Gasteiger partial charge < -0.3 is 14.6 Å². The lowest BCUT2D eigenvalue weighted by molar-refractivity contribution is 0.0701. The van der Waals surface area contributed by atoms with E-state index in [1.54, 1.807) is 17.2 Å². The van der Waals surface area contributed by atoms with Gasteiger partial charge in [0.15, 0.2) is 11.4 Å². The summed E-state index contributed by atoms with van der Waals surface area (Å²) in [5, 5.41) is 9.84. The summed E-state index contributed by atoms with van der Waals surface area (Å²) in [4.78, 5) is 36.0. The Morgan fingerprint density at radius 1 is 1.33 bits per heavy atom. The monoisotopic (exact) mass is 367 g/mol. The Labute approximate surface area is 155 Å². The second-order valence-corrected chi connectivity index (χ2v) is 6.73. The molecule has 1 aliphatic rings. The first-order valence-electron chi connectivity index (χ1n) is 9.09. The Kier molecular flexibility index (Phi) is 4.39. The predicted octanol–water partition coefficient (Wildman–Crippen LogP) is 1.64. The summed E-state index contributed by atoms with van der Waals surface area (Å²) in [6.45, 7) is 4.02. The molecule has 27 heavy (non-hydrogen) atoms. The number of piperidine rings is 1. The van der Waals surface area contributed by atoms with Crippen molar-refractivity contribution in [3.63, 3.8) is 0 Å². The molecular weight excluding hydrogens is 346 g/mol. The van der Waals surface area contributed by atoms with Gasteiger partial charge in [-0.2, -0.15) is 0 Å². The first kappa shape index (κ1) is 17.3. The van der Waals surface area contributed by atoms with E-state index >= 15 is 0 Å². The zero-order chi connectivity index (χ0) is 19.0. The van der Waals surface area contributed by atoms with Crippen LogP contribution in [0.5, 0.6) is 5.75 Å². The van der Waals surface area contributed by atoms with Crippen molar-refractivity contribution < 1.29 is 9.90 Å². The van der Waals surface area contributed by atoms with E-state index in [-0.39, 0.29) is 28.8 Å². The standard InChI is InChI=1S/C19H21N5O3/c1-2-22-10-7-20-16(22)13-5-3-8-23(12-13)18(26)14-11-21-17-15(25)6-4-9-24(17)19(14)27/h4,6-7,9-11,13,25H,2-3,5,8,12H2,1H3/t13-/m1/s1.